The van der Waals surface area contributed by atoms with Crippen molar-refractivity contribution in [2.75, 3.05) is 5.32 Å². The van der Waals surface area contributed by atoms with Crippen molar-refractivity contribution in [2.24, 2.45) is 0 Å². The van der Waals surface area contributed by atoms with E-state index in [1.165, 1.54) is 22.9 Å². The third-order valence-electron chi connectivity index (χ3n) is 3.04. The third kappa shape index (κ3) is 3.07. The van der Waals surface area contributed by atoms with E-state index in [-0.39, 0.29) is 17.8 Å². The van der Waals surface area contributed by atoms with E-state index in [9.17, 15) is 14.0 Å². The van der Waals surface area contributed by atoms with Gasteiger partial charge in [-0.15, -0.1) is 0 Å². The Kier molecular flexibility index (Phi) is 4.02. The Morgan fingerprint density at radius 2 is 2.00 bits per heavy atom. The predicted molar refractivity (Wildman–Crippen MR) is 73.7 cm³/mol. The quantitative estimate of drug-likeness (QED) is 0.902. The van der Waals surface area contributed by atoms with E-state index < -0.39 is 17.7 Å². The Labute approximate surface area is 120 Å². The summed E-state index contributed by atoms with van der Waals surface area (Å²) in [7, 11) is 0. The number of aryl methyl sites for hydroxylation is 1. The molecule has 0 atom stereocenters. The van der Waals surface area contributed by atoms with Crippen LogP contribution in [-0.2, 0) is 11.3 Å². The van der Waals surface area contributed by atoms with Gasteiger partial charge in [0.25, 0.3) is 0 Å². The summed E-state index contributed by atoms with van der Waals surface area (Å²) in [6.45, 7) is 2.94. The molecule has 0 aliphatic carbocycles. The van der Waals surface area contributed by atoms with Crippen LogP contribution in [-0.4, -0.2) is 26.8 Å². The molecule has 0 fully saturated rings. The lowest BCUT2D eigenvalue weighted by atomic mass is 10.2. The van der Waals surface area contributed by atoms with Crippen molar-refractivity contribution in [3.8, 4) is 0 Å². The highest BCUT2D eigenvalue weighted by Crippen LogP contribution is 2.15. The van der Waals surface area contributed by atoms with Gasteiger partial charge in [-0.05, 0) is 26.0 Å². The molecule has 1 aromatic carbocycles. The number of benzene rings is 1. The molecule has 21 heavy (non-hydrogen) atoms. The Balaban J connectivity index is 2.16. The fraction of sp³-hybridized carbons (Fsp3) is 0.214. The predicted octanol–water partition coefficient (Wildman–Crippen LogP) is 1.98. The van der Waals surface area contributed by atoms with Crippen LogP contribution in [0.2, 0.25) is 0 Å². The van der Waals surface area contributed by atoms with Crippen LogP contribution in [0, 0.1) is 19.7 Å². The van der Waals surface area contributed by atoms with Gasteiger partial charge in [0.1, 0.15) is 17.9 Å². The van der Waals surface area contributed by atoms with Crippen LogP contribution < -0.4 is 5.32 Å². The molecule has 0 saturated carbocycles. The first kappa shape index (κ1) is 14.7. The van der Waals surface area contributed by atoms with Gasteiger partial charge >= 0.3 is 5.97 Å². The molecule has 0 aliphatic heterocycles. The molecule has 0 saturated heterocycles. The van der Waals surface area contributed by atoms with E-state index in [2.05, 4.69) is 10.4 Å². The van der Waals surface area contributed by atoms with Crippen LogP contribution in [0.3, 0.4) is 0 Å². The number of aromatic carboxylic acids is 1. The van der Waals surface area contributed by atoms with Crippen molar-refractivity contribution in [1.29, 1.82) is 0 Å². The third-order valence-corrected chi connectivity index (χ3v) is 3.04. The second-order valence-corrected chi connectivity index (χ2v) is 4.54. The van der Waals surface area contributed by atoms with Crippen molar-refractivity contribution in [3.63, 3.8) is 0 Å². The number of carboxylic acid groups (broad SMARTS) is 1. The number of hydrogen-bond donors (Lipinski definition) is 2. The summed E-state index contributed by atoms with van der Waals surface area (Å²) in [6.07, 6.45) is 0. The molecule has 0 unspecified atom stereocenters. The first-order chi connectivity index (χ1) is 9.90. The molecule has 1 heterocycles. The zero-order chi connectivity index (χ0) is 15.6. The summed E-state index contributed by atoms with van der Waals surface area (Å²) >= 11 is 0. The van der Waals surface area contributed by atoms with Gasteiger partial charge in [-0.1, -0.05) is 12.1 Å². The van der Waals surface area contributed by atoms with Crippen molar-refractivity contribution >= 4 is 17.6 Å². The lowest BCUT2D eigenvalue weighted by Gasteiger charge is -2.07. The minimum absolute atomic E-state index is 0.0717. The number of amides is 1. The molecule has 0 spiro atoms. The number of carboxylic acids is 1. The van der Waals surface area contributed by atoms with Crippen LogP contribution in [0.1, 0.15) is 21.7 Å². The van der Waals surface area contributed by atoms with Crippen LogP contribution >= 0.6 is 0 Å². The molecular weight excluding hydrogens is 277 g/mol. The molecule has 2 aromatic rings. The molecular formula is C14H14FN3O3. The summed E-state index contributed by atoms with van der Waals surface area (Å²) < 4.78 is 14.7. The number of nitrogens with zero attached hydrogens (tertiary/aromatic N) is 2. The zero-order valence-electron chi connectivity index (χ0n) is 11.6. The van der Waals surface area contributed by atoms with E-state index in [1.807, 2.05) is 0 Å². The van der Waals surface area contributed by atoms with E-state index in [4.69, 9.17) is 5.11 Å². The average molecular weight is 291 g/mol. The number of rotatable bonds is 4. The van der Waals surface area contributed by atoms with Crippen molar-refractivity contribution < 1.29 is 19.1 Å². The van der Waals surface area contributed by atoms with Crippen LogP contribution in [0.15, 0.2) is 24.3 Å². The summed E-state index contributed by atoms with van der Waals surface area (Å²) in [6, 6.07) is 5.80. The minimum Gasteiger partial charge on any atom is -0.478 e. The second kappa shape index (κ2) is 5.74. The summed E-state index contributed by atoms with van der Waals surface area (Å²) in [5.41, 5.74) is 0.860. The highest BCUT2D eigenvalue weighted by molar-refractivity contribution is 5.92. The van der Waals surface area contributed by atoms with Crippen LogP contribution in [0.5, 0.6) is 0 Å². The van der Waals surface area contributed by atoms with Gasteiger partial charge in [0.2, 0.25) is 5.91 Å². The van der Waals surface area contributed by atoms with Gasteiger partial charge in [0.05, 0.1) is 17.1 Å². The molecule has 1 amide bonds. The topological polar surface area (TPSA) is 84.2 Å². The van der Waals surface area contributed by atoms with E-state index in [0.29, 0.717) is 11.4 Å². The number of carbonyl (C=O) groups excluding carboxylic acids is 1. The monoisotopic (exact) mass is 291 g/mol. The molecule has 0 bridgehead atoms. The lowest BCUT2D eigenvalue weighted by molar-refractivity contribution is -0.117. The smallest absolute Gasteiger partial charge is 0.339 e. The number of anilines is 1. The molecule has 0 aliphatic rings. The summed E-state index contributed by atoms with van der Waals surface area (Å²) in [5, 5.41) is 15.5. The van der Waals surface area contributed by atoms with Gasteiger partial charge in [-0.2, -0.15) is 5.10 Å². The Bertz CT molecular complexity index is 709. The number of aromatic nitrogens is 2. The van der Waals surface area contributed by atoms with Gasteiger partial charge < -0.3 is 10.4 Å². The number of carbonyl (C=O) groups is 2. The molecule has 0 radical (unpaired) electrons. The fourth-order valence-electron chi connectivity index (χ4n) is 2.05. The molecule has 110 valence electrons. The number of halogens is 1. The molecule has 1 aromatic heterocycles. The van der Waals surface area contributed by atoms with Crippen molar-refractivity contribution in [3.05, 3.63) is 47.0 Å². The average Bonchev–Trinajstić information content (AvgIpc) is 2.67. The maximum absolute atomic E-state index is 13.4. The maximum Gasteiger partial charge on any atom is 0.339 e. The Morgan fingerprint density at radius 1 is 1.33 bits per heavy atom. The number of hydrogen-bond acceptors (Lipinski definition) is 3. The molecule has 2 N–H and O–H groups in total. The van der Waals surface area contributed by atoms with Gasteiger partial charge in [0.15, 0.2) is 0 Å². The second-order valence-electron chi connectivity index (χ2n) is 4.54. The molecule has 7 heteroatoms. The van der Waals surface area contributed by atoms with Crippen LogP contribution in [0.25, 0.3) is 0 Å². The summed E-state index contributed by atoms with van der Waals surface area (Å²) in [5.74, 6) is -2.11. The fourth-order valence-corrected chi connectivity index (χ4v) is 2.05. The first-order valence-corrected chi connectivity index (χ1v) is 6.22. The normalized spacial score (nSPS) is 10.4. The Morgan fingerprint density at radius 3 is 2.57 bits per heavy atom. The maximum atomic E-state index is 13.4. The first-order valence-electron chi connectivity index (χ1n) is 6.22. The zero-order valence-corrected chi connectivity index (χ0v) is 11.6. The van der Waals surface area contributed by atoms with E-state index >= 15 is 0 Å². The van der Waals surface area contributed by atoms with Gasteiger partial charge in [0, 0.05) is 0 Å². The molecule has 6 nitrogen and oxygen atoms in total. The van der Waals surface area contributed by atoms with Gasteiger partial charge in [-0.3, -0.25) is 9.48 Å². The van der Waals surface area contributed by atoms with E-state index in [1.54, 1.807) is 19.9 Å². The SMILES string of the molecule is Cc1nn(CC(=O)Nc2ccccc2F)c(C)c1C(=O)O. The Hall–Kier alpha value is -2.70. The van der Waals surface area contributed by atoms with Gasteiger partial charge in [-0.25, -0.2) is 9.18 Å². The standard InChI is InChI=1S/C14H14FN3O3/c1-8-13(14(20)21)9(2)18(17-8)7-12(19)16-11-6-4-3-5-10(11)15/h3-6H,7H2,1-2H3,(H,16,19)(H,20,21). The number of para-hydroxylation sites is 1. The minimum atomic E-state index is -1.09. The highest BCUT2D eigenvalue weighted by atomic mass is 19.1. The van der Waals surface area contributed by atoms with Crippen LogP contribution in [0.4, 0.5) is 10.1 Å². The largest absolute Gasteiger partial charge is 0.478 e. The lowest BCUT2D eigenvalue weighted by Crippen LogP contribution is -2.21. The number of nitrogens with one attached hydrogen (secondary N) is 1. The highest BCUT2D eigenvalue weighted by Gasteiger charge is 2.19. The van der Waals surface area contributed by atoms with Crippen molar-refractivity contribution in [1.82, 2.24) is 9.78 Å². The van der Waals surface area contributed by atoms with Crippen molar-refractivity contribution in [2.45, 2.75) is 20.4 Å². The molecule has 2 rings (SSSR count). The van der Waals surface area contributed by atoms with E-state index in [0.717, 1.165) is 0 Å². The summed E-state index contributed by atoms with van der Waals surface area (Å²) in [4.78, 5) is 23.0.